The Labute approximate surface area is 88.1 Å². The van der Waals surface area contributed by atoms with Gasteiger partial charge in [0.2, 0.25) is 0 Å². The second kappa shape index (κ2) is 5.13. The summed E-state index contributed by atoms with van der Waals surface area (Å²) in [6, 6.07) is 1.61. The molecule has 0 unspecified atom stereocenters. The van der Waals surface area contributed by atoms with Crippen LogP contribution in [0.25, 0.3) is 0 Å². The van der Waals surface area contributed by atoms with Gasteiger partial charge in [0, 0.05) is 18.6 Å². The number of likely N-dealkylation sites (tertiary alicyclic amines) is 1. The zero-order valence-electron chi connectivity index (χ0n) is 9.47. The molecule has 0 amide bonds. The number of nitrogens with zero attached hydrogens (tertiary/aromatic N) is 1. The van der Waals surface area contributed by atoms with Gasteiger partial charge >= 0.3 is 0 Å². The van der Waals surface area contributed by atoms with Gasteiger partial charge in [-0.3, -0.25) is 4.90 Å². The van der Waals surface area contributed by atoms with Crippen LogP contribution < -0.4 is 5.32 Å². The predicted octanol–water partition coefficient (Wildman–Crippen LogP) is 2.00. The van der Waals surface area contributed by atoms with E-state index in [0.717, 1.165) is 12.1 Å². The van der Waals surface area contributed by atoms with E-state index in [9.17, 15) is 0 Å². The summed E-state index contributed by atoms with van der Waals surface area (Å²) >= 11 is 0. The summed E-state index contributed by atoms with van der Waals surface area (Å²) in [5.74, 6) is 0. The second-order valence-electron chi connectivity index (χ2n) is 4.99. The third-order valence-electron chi connectivity index (χ3n) is 3.81. The highest BCUT2D eigenvalue weighted by atomic mass is 15.2. The van der Waals surface area contributed by atoms with Crippen molar-refractivity contribution >= 4 is 0 Å². The van der Waals surface area contributed by atoms with Gasteiger partial charge in [0.05, 0.1) is 0 Å². The molecule has 0 aromatic rings. The average Bonchev–Trinajstić information content (AvgIpc) is 2.23. The van der Waals surface area contributed by atoms with Crippen LogP contribution in [-0.4, -0.2) is 36.6 Å². The van der Waals surface area contributed by atoms with Crippen LogP contribution in [0.1, 0.15) is 45.4 Å². The topological polar surface area (TPSA) is 15.3 Å². The monoisotopic (exact) mass is 196 g/mol. The molecule has 2 heterocycles. The smallest absolute Gasteiger partial charge is 0.0195 e. The lowest BCUT2D eigenvalue weighted by Crippen LogP contribution is -2.48. The van der Waals surface area contributed by atoms with E-state index in [0.29, 0.717) is 0 Å². The largest absolute Gasteiger partial charge is 0.313 e. The molecule has 2 saturated heterocycles. The Morgan fingerprint density at radius 2 is 2.00 bits per heavy atom. The summed E-state index contributed by atoms with van der Waals surface area (Å²) in [5.41, 5.74) is 0. The first-order valence-corrected chi connectivity index (χ1v) is 6.33. The third-order valence-corrected chi connectivity index (χ3v) is 3.81. The summed E-state index contributed by atoms with van der Waals surface area (Å²) in [4.78, 5) is 2.69. The van der Waals surface area contributed by atoms with Crippen molar-refractivity contribution in [1.82, 2.24) is 10.2 Å². The standard InChI is InChI=1S/C12H24N2/c1-11-6-3-5-9-14(11)10-12-7-2-4-8-13-12/h11-13H,2-10H2,1H3/t11-,12-/m1/s1. The van der Waals surface area contributed by atoms with E-state index in [-0.39, 0.29) is 0 Å². The highest BCUT2D eigenvalue weighted by Gasteiger charge is 2.22. The van der Waals surface area contributed by atoms with Crippen LogP contribution in [0.4, 0.5) is 0 Å². The first-order chi connectivity index (χ1) is 6.86. The number of piperidine rings is 2. The molecule has 2 aliphatic heterocycles. The lowest BCUT2D eigenvalue weighted by Gasteiger charge is -2.37. The highest BCUT2D eigenvalue weighted by Crippen LogP contribution is 2.18. The fourth-order valence-electron chi connectivity index (χ4n) is 2.79. The van der Waals surface area contributed by atoms with Crippen molar-refractivity contribution in [3.8, 4) is 0 Å². The summed E-state index contributed by atoms with van der Waals surface area (Å²) in [6.07, 6.45) is 8.47. The minimum absolute atomic E-state index is 0.782. The van der Waals surface area contributed by atoms with Crippen molar-refractivity contribution in [3.63, 3.8) is 0 Å². The Hall–Kier alpha value is -0.0800. The molecule has 14 heavy (non-hydrogen) atoms. The van der Waals surface area contributed by atoms with Crippen LogP contribution in [-0.2, 0) is 0 Å². The molecular formula is C12H24N2. The minimum atomic E-state index is 0.782. The molecule has 82 valence electrons. The second-order valence-corrected chi connectivity index (χ2v) is 4.99. The van der Waals surface area contributed by atoms with Crippen LogP contribution in [0.15, 0.2) is 0 Å². The fraction of sp³-hybridized carbons (Fsp3) is 1.00. The van der Waals surface area contributed by atoms with Crippen LogP contribution in [0.2, 0.25) is 0 Å². The number of rotatable bonds is 2. The van der Waals surface area contributed by atoms with Crippen molar-refractivity contribution in [2.45, 2.75) is 57.5 Å². The van der Waals surface area contributed by atoms with E-state index in [4.69, 9.17) is 0 Å². The highest BCUT2D eigenvalue weighted by molar-refractivity contribution is 4.80. The fourth-order valence-corrected chi connectivity index (χ4v) is 2.79. The molecule has 2 heteroatoms. The third kappa shape index (κ3) is 2.71. The first-order valence-electron chi connectivity index (χ1n) is 6.33. The Kier molecular flexibility index (Phi) is 3.82. The van der Waals surface area contributed by atoms with Crippen molar-refractivity contribution < 1.29 is 0 Å². The quantitative estimate of drug-likeness (QED) is 0.727. The molecule has 2 atom stereocenters. The van der Waals surface area contributed by atoms with Gasteiger partial charge in [-0.2, -0.15) is 0 Å². The van der Waals surface area contributed by atoms with E-state index in [1.165, 1.54) is 58.2 Å². The summed E-state index contributed by atoms with van der Waals surface area (Å²) in [5, 5.41) is 3.65. The molecule has 2 nitrogen and oxygen atoms in total. The predicted molar refractivity (Wildman–Crippen MR) is 60.5 cm³/mol. The normalized spacial score (nSPS) is 35.8. The van der Waals surface area contributed by atoms with Gasteiger partial charge < -0.3 is 5.32 Å². The Morgan fingerprint density at radius 1 is 1.14 bits per heavy atom. The van der Waals surface area contributed by atoms with Crippen molar-refractivity contribution in [2.75, 3.05) is 19.6 Å². The van der Waals surface area contributed by atoms with Crippen LogP contribution in [0.5, 0.6) is 0 Å². The number of nitrogens with one attached hydrogen (secondary N) is 1. The van der Waals surface area contributed by atoms with Gasteiger partial charge in [0.25, 0.3) is 0 Å². The van der Waals surface area contributed by atoms with Crippen LogP contribution in [0.3, 0.4) is 0 Å². The molecule has 0 bridgehead atoms. The lowest BCUT2D eigenvalue weighted by atomic mass is 10.00. The Morgan fingerprint density at radius 3 is 2.71 bits per heavy atom. The Bertz CT molecular complexity index is 164. The molecule has 2 fully saturated rings. The lowest BCUT2D eigenvalue weighted by molar-refractivity contribution is 0.137. The molecule has 0 aromatic carbocycles. The molecule has 0 aromatic heterocycles. The summed E-state index contributed by atoms with van der Waals surface area (Å²) in [7, 11) is 0. The zero-order valence-corrected chi connectivity index (χ0v) is 9.47. The maximum Gasteiger partial charge on any atom is 0.0195 e. The number of hydrogen-bond acceptors (Lipinski definition) is 2. The first kappa shape index (κ1) is 10.4. The van der Waals surface area contributed by atoms with E-state index >= 15 is 0 Å². The molecule has 0 saturated carbocycles. The molecule has 0 radical (unpaired) electrons. The molecule has 0 aliphatic carbocycles. The van der Waals surface area contributed by atoms with Crippen molar-refractivity contribution in [2.24, 2.45) is 0 Å². The zero-order chi connectivity index (χ0) is 9.80. The van der Waals surface area contributed by atoms with E-state index in [2.05, 4.69) is 17.1 Å². The molecule has 2 aliphatic rings. The maximum absolute atomic E-state index is 3.65. The van der Waals surface area contributed by atoms with Gasteiger partial charge in [0.15, 0.2) is 0 Å². The minimum Gasteiger partial charge on any atom is -0.313 e. The average molecular weight is 196 g/mol. The van der Waals surface area contributed by atoms with Gasteiger partial charge in [-0.15, -0.1) is 0 Å². The summed E-state index contributed by atoms with van der Waals surface area (Å²) in [6.45, 7) is 6.26. The SMILES string of the molecule is C[C@@H]1CCCCN1C[C@H]1CCCCN1. The maximum atomic E-state index is 3.65. The summed E-state index contributed by atoms with van der Waals surface area (Å²) < 4.78 is 0. The van der Waals surface area contributed by atoms with Crippen molar-refractivity contribution in [3.05, 3.63) is 0 Å². The molecule has 1 N–H and O–H groups in total. The van der Waals surface area contributed by atoms with Gasteiger partial charge in [0.1, 0.15) is 0 Å². The number of hydrogen-bond donors (Lipinski definition) is 1. The van der Waals surface area contributed by atoms with Gasteiger partial charge in [-0.05, 0) is 45.7 Å². The van der Waals surface area contributed by atoms with Gasteiger partial charge in [-0.1, -0.05) is 12.8 Å². The van der Waals surface area contributed by atoms with E-state index in [1.54, 1.807) is 0 Å². The molecule has 2 rings (SSSR count). The van der Waals surface area contributed by atoms with E-state index in [1.807, 2.05) is 0 Å². The van der Waals surface area contributed by atoms with Crippen molar-refractivity contribution in [1.29, 1.82) is 0 Å². The van der Waals surface area contributed by atoms with Crippen LogP contribution >= 0.6 is 0 Å². The van der Waals surface area contributed by atoms with E-state index < -0.39 is 0 Å². The van der Waals surface area contributed by atoms with Crippen LogP contribution in [0, 0.1) is 0 Å². The molecular weight excluding hydrogens is 172 g/mol. The molecule has 0 spiro atoms. The Balaban J connectivity index is 1.76. The van der Waals surface area contributed by atoms with Gasteiger partial charge in [-0.25, -0.2) is 0 Å².